The molecule has 0 aliphatic heterocycles. The molecule has 3 nitrogen and oxygen atoms in total. The molecule has 0 aromatic carbocycles. The molecule has 0 saturated heterocycles. The van der Waals surface area contributed by atoms with Gasteiger partial charge in [0.2, 0.25) is 0 Å². The van der Waals surface area contributed by atoms with Crippen molar-refractivity contribution in [3.8, 4) is 0 Å². The number of nitrogens with zero attached hydrogens (tertiary/aromatic N) is 2. The Bertz CT molecular complexity index is 386. The third-order valence-corrected chi connectivity index (χ3v) is 1.62. The number of halogens is 2. The van der Waals surface area contributed by atoms with E-state index in [-0.39, 0.29) is 10.0 Å². The summed E-state index contributed by atoms with van der Waals surface area (Å²) in [5.74, 6) is 0. The molecule has 1 aromatic heterocycles. The molecule has 1 rings (SSSR count). The van der Waals surface area contributed by atoms with Crippen molar-refractivity contribution >= 4 is 23.2 Å². The Morgan fingerprint density at radius 3 is 3.10 bits per heavy atom. The Hall–Kier alpha value is -0.540. The van der Waals surface area contributed by atoms with Crippen LogP contribution in [0.3, 0.4) is 0 Å². The van der Waals surface area contributed by atoms with Crippen LogP contribution in [-0.2, 0) is 6.98 Å². The molecular formula is C5H4Cl2N2O. The van der Waals surface area contributed by atoms with Crippen molar-refractivity contribution < 1.29 is 4.11 Å². The van der Waals surface area contributed by atoms with Crippen LogP contribution < -0.4 is 5.56 Å². The smallest absolute Gasteiger partial charge is 0.266 e. The second-order valence-corrected chi connectivity index (χ2v) is 2.31. The van der Waals surface area contributed by atoms with Gasteiger partial charge in [-0.25, -0.2) is 4.68 Å². The zero-order chi connectivity index (χ0) is 10.2. The van der Waals surface area contributed by atoms with Crippen molar-refractivity contribution in [3.63, 3.8) is 0 Å². The van der Waals surface area contributed by atoms with Gasteiger partial charge in [-0.05, 0) is 0 Å². The topological polar surface area (TPSA) is 34.9 Å². The van der Waals surface area contributed by atoms with E-state index in [0.717, 1.165) is 6.20 Å². The van der Waals surface area contributed by atoms with Crippen LogP contribution in [0.2, 0.25) is 10.0 Å². The lowest BCUT2D eigenvalue weighted by Crippen LogP contribution is -2.19. The van der Waals surface area contributed by atoms with Gasteiger partial charge in [-0.2, -0.15) is 5.10 Å². The van der Waals surface area contributed by atoms with Crippen molar-refractivity contribution in [2.45, 2.75) is 0 Å². The van der Waals surface area contributed by atoms with Crippen molar-refractivity contribution in [3.05, 3.63) is 26.6 Å². The first kappa shape index (κ1) is 4.36. The molecule has 0 saturated carbocycles. The van der Waals surface area contributed by atoms with Gasteiger partial charge in [0.1, 0.15) is 5.02 Å². The fourth-order valence-electron chi connectivity index (χ4n) is 0.413. The van der Waals surface area contributed by atoms with E-state index in [1.165, 1.54) is 0 Å². The van der Waals surface area contributed by atoms with Crippen LogP contribution in [0.15, 0.2) is 11.0 Å². The molecule has 1 heterocycles. The van der Waals surface area contributed by atoms with Gasteiger partial charge >= 0.3 is 0 Å². The van der Waals surface area contributed by atoms with Crippen LogP contribution in [0.5, 0.6) is 0 Å². The molecule has 54 valence electrons. The van der Waals surface area contributed by atoms with Gasteiger partial charge in [0.05, 0.1) is 11.2 Å². The summed E-state index contributed by atoms with van der Waals surface area (Å²) in [5.41, 5.74) is -0.922. The van der Waals surface area contributed by atoms with E-state index < -0.39 is 12.5 Å². The van der Waals surface area contributed by atoms with E-state index in [1.807, 2.05) is 0 Å². The maximum absolute atomic E-state index is 11.2. The number of hydrogen-bond donors (Lipinski definition) is 0. The minimum Gasteiger partial charge on any atom is -0.266 e. The predicted octanol–water partition coefficient (Wildman–Crippen LogP) is 1.09. The van der Waals surface area contributed by atoms with Crippen LogP contribution in [0.4, 0.5) is 0 Å². The Balaban J connectivity index is 3.44. The van der Waals surface area contributed by atoms with Gasteiger partial charge < -0.3 is 0 Å². The summed E-state index contributed by atoms with van der Waals surface area (Å²) < 4.78 is 21.0. The monoisotopic (exact) mass is 181 g/mol. The zero-order valence-electron chi connectivity index (χ0n) is 7.64. The van der Waals surface area contributed by atoms with E-state index >= 15 is 0 Å². The van der Waals surface area contributed by atoms with Gasteiger partial charge in [-0.3, -0.25) is 4.79 Å². The lowest BCUT2D eigenvalue weighted by Gasteiger charge is -1.95. The molecule has 0 amide bonds. The SMILES string of the molecule is [2H]C([2H])([2H])n1ncc(Cl)c(Cl)c1=O. The highest BCUT2D eigenvalue weighted by Gasteiger charge is 2.02. The van der Waals surface area contributed by atoms with Crippen LogP contribution in [0, 0.1) is 0 Å². The number of aryl methyl sites for hydroxylation is 1. The lowest BCUT2D eigenvalue weighted by molar-refractivity contribution is 0.708. The highest BCUT2D eigenvalue weighted by Crippen LogP contribution is 2.13. The highest BCUT2D eigenvalue weighted by atomic mass is 35.5. The summed E-state index contributed by atoms with van der Waals surface area (Å²) in [4.78, 5) is 11.2. The van der Waals surface area contributed by atoms with Crippen LogP contribution in [-0.4, -0.2) is 9.78 Å². The summed E-state index contributed by atoms with van der Waals surface area (Å²) in [7, 11) is 0. The lowest BCUT2D eigenvalue weighted by atomic mass is 10.6. The quantitative estimate of drug-likeness (QED) is 0.601. The van der Waals surface area contributed by atoms with Gasteiger partial charge in [-0.1, -0.05) is 23.2 Å². The summed E-state index contributed by atoms with van der Waals surface area (Å²) in [6, 6.07) is 0. The van der Waals surface area contributed by atoms with Gasteiger partial charge in [0.15, 0.2) is 0 Å². The third-order valence-electron chi connectivity index (χ3n) is 0.876. The van der Waals surface area contributed by atoms with Crippen LogP contribution >= 0.6 is 23.2 Å². The van der Waals surface area contributed by atoms with E-state index in [1.54, 1.807) is 0 Å². The first-order chi connectivity index (χ1) is 5.84. The Labute approximate surface area is 71.4 Å². The molecular weight excluding hydrogens is 175 g/mol. The molecule has 0 fully saturated rings. The van der Waals surface area contributed by atoms with Crippen molar-refractivity contribution in [1.82, 2.24) is 9.78 Å². The number of hydrogen-bond acceptors (Lipinski definition) is 2. The third kappa shape index (κ3) is 1.15. The van der Waals surface area contributed by atoms with Crippen LogP contribution in [0.1, 0.15) is 4.11 Å². The minimum atomic E-state index is -2.63. The highest BCUT2D eigenvalue weighted by molar-refractivity contribution is 6.41. The summed E-state index contributed by atoms with van der Waals surface area (Å²) >= 11 is 10.9. The molecule has 0 spiro atoms. The standard InChI is InChI=1S/C5H4Cl2N2O/c1-9-5(10)4(7)3(6)2-8-9/h2H,1H3/i1D3. The summed E-state index contributed by atoms with van der Waals surface area (Å²) in [5, 5.41) is 2.93. The van der Waals surface area contributed by atoms with Crippen molar-refractivity contribution in [1.29, 1.82) is 0 Å². The Morgan fingerprint density at radius 1 is 1.80 bits per heavy atom. The first-order valence-electron chi connectivity index (χ1n) is 3.78. The molecule has 0 N–H and O–H groups in total. The molecule has 0 atom stereocenters. The molecule has 0 bridgehead atoms. The number of rotatable bonds is 0. The molecule has 1 aromatic rings. The van der Waals surface area contributed by atoms with Gasteiger partial charge in [-0.15, -0.1) is 0 Å². The molecule has 0 unspecified atom stereocenters. The first-order valence-corrected chi connectivity index (χ1v) is 3.03. The summed E-state index contributed by atoms with van der Waals surface area (Å²) in [6.07, 6.45) is 1.01. The summed E-state index contributed by atoms with van der Waals surface area (Å²) in [6.45, 7) is -2.63. The molecule has 10 heavy (non-hydrogen) atoms. The Morgan fingerprint density at radius 2 is 2.50 bits per heavy atom. The zero-order valence-corrected chi connectivity index (χ0v) is 6.15. The normalized spacial score (nSPS) is 15.6. The largest absolute Gasteiger partial charge is 0.286 e. The van der Waals surface area contributed by atoms with Crippen molar-refractivity contribution in [2.75, 3.05) is 0 Å². The average molecular weight is 182 g/mol. The van der Waals surface area contributed by atoms with E-state index in [9.17, 15) is 4.79 Å². The molecule has 0 aliphatic rings. The Kier molecular flexibility index (Phi) is 1.13. The maximum Gasteiger partial charge on any atom is 0.286 e. The second kappa shape index (κ2) is 2.60. The fraction of sp³-hybridized carbons (Fsp3) is 0.200. The molecule has 0 radical (unpaired) electrons. The second-order valence-electron chi connectivity index (χ2n) is 1.52. The molecule has 0 aliphatic carbocycles. The van der Waals surface area contributed by atoms with Crippen molar-refractivity contribution in [2.24, 2.45) is 6.98 Å². The van der Waals surface area contributed by atoms with E-state index in [4.69, 9.17) is 27.3 Å². The maximum atomic E-state index is 11.2. The average Bonchev–Trinajstić information content (AvgIpc) is 1.98. The fourth-order valence-corrected chi connectivity index (χ4v) is 0.666. The van der Waals surface area contributed by atoms with Crippen LogP contribution in [0.25, 0.3) is 0 Å². The van der Waals surface area contributed by atoms with Gasteiger partial charge in [0, 0.05) is 11.1 Å². The predicted molar refractivity (Wildman–Crippen MR) is 39.5 cm³/mol. The molecule has 5 heteroatoms. The van der Waals surface area contributed by atoms with E-state index in [2.05, 4.69) is 5.10 Å². The minimum absolute atomic E-state index is 0.0628. The van der Waals surface area contributed by atoms with Gasteiger partial charge in [0.25, 0.3) is 5.56 Å². The van der Waals surface area contributed by atoms with E-state index in [0.29, 0.717) is 4.68 Å². The number of aromatic nitrogens is 2.